The SMILES string of the molecule is CCCCC(C)(C)CCCF. The summed E-state index contributed by atoms with van der Waals surface area (Å²) in [7, 11) is 0. The van der Waals surface area contributed by atoms with Crippen molar-refractivity contribution >= 4 is 0 Å². The van der Waals surface area contributed by atoms with Gasteiger partial charge in [-0.3, -0.25) is 4.39 Å². The molecule has 0 bridgehead atoms. The smallest absolute Gasteiger partial charge is 0.0894 e. The molecule has 0 spiro atoms. The summed E-state index contributed by atoms with van der Waals surface area (Å²) in [5.41, 5.74) is 0.363. The van der Waals surface area contributed by atoms with E-state index in [0.29, 0.717) is 5.41 Å². The number of halogens is 1. The lowest BCUT2D eigenvalue weighted by Gasteiger charge is -2.23. The molecule has 0 saturated carbocycles. The van der Waals surface area contributed by atoms with Crippen molar-refractivity contribution in [2.24, 2.45) is 5.41 Å². The third-order valence-electron chi connectivity index (χ3n) is 2.19. The van der Waals surface area contributed by atoms with Gasteiger partial charge in [-0.05, 0) is 24.7 Å². The van der Waals surface area contributed by atoms with E-state index < -0.39 is 0 Å². The van der Waals surface area contributed by atoms with Crippen molar-refractivity contribution in [2.45, 2.75) is 52.9 Å². The summed E-state index contributed by atoms with van der Waals surface area (Å²) in [6, 6.07) is 0. The third kappa shape index (κ3) is 6.33. The highest BCUT2D eigenvalue weighted by Crippen LogP contribution is 2.28. The molecule has 0 aliphatic carbocycles. The van der Waals surface area contributed by atoms with E-state index in [1.807, 2.05) is 0 Å². The summed E-state index contributed by atoms with van der Waals surface area (Å²) in [6.07, 6.45) is 5.53. The van der Waals surface area contributed by atoms with Crippen LogP contribution in [0.3, 0.4) is 0 Å². The fourth-order valence-electron chi connectivity index (χ4n) is 1.33. The number of alkyl halides is 1. The highest BCUT2D eigenvalue weighted by atomic mass is 19.1. The zero-order chi connectivity index (χ0) is 8.74. The Bertz CT molecular complexity index is 76.9. The molecule has 0 N–H and O–H groups in total. The minimum absolute atomic E-state index is 0.157. The summed E-state index contributed by atoms with van der Waals surface area (Å²) in [5, 5.41) is 0. The monoisotopic (exact) mass is 160 g/mol. The first-order chi connectivity index (χ1) is 5.12. The Labute approximate surface area is 70.2 Å². The average molecular weight is 160 g/mol. The number of hydrogen-bond acceptors (Lipinski definition) is 0. The van der Waals surface area contributed by atoms with Crippen molar-refractivity contribution in [1.82, 2.24) is 0 Å². The van der Waals surface area contributed by atoms with Gasteiger partial charge in [-0.2, -0.15) is 0 Å². The lowest BCUT2D eigenvalue weighted by atomic mass is 9.83. The Hall–Kier alpha value is -0.0700. The van der Waals surface area contributed by atoms with Crippen LogP contribution in [0.1, 0.15) is 52.9 Å². The van der Waals surface area contributed by atoms with E-state index in [9.17, 15) is 4.39 Å². The molecule has 0 saturated heterocycles. The summed E-state index contributed by atoms with van der Waals surface area (Å²) in [4.78, 5) is 0. The lowest BCUT2D eigenvalue weighted by Crippen LogP contribution is -2.11. The second kappa shape index (κ2) is 5.56. The Morgan fingerprint density at radius 3 is 2.09 bits per heavy atom. The van der Waals surface area contributed by atoms with Gasteiger partial charge in [0, 0.05) is 0 Å². The number of rotatable bonds is 6. The van der Waals surface area contributed by atoms with Crippen LogP contribution in [0.2, 0.25) is 0 Å². The van der Waals surface area contributed by atoms with E-state index in [-0.39, 0.29) is 6.67 Å². The topological polar surface area (TPSA) is 0 Å². The van der Waals surface area contributed by atoms with Crippen LogP contribution in [-0.4, -0.2) is 6.67 Å². The highest BCUT2D eigenvalue weighted by Gasteiger charge is 2.15. The molecular formula is C10H21F. The highest BCUT2D eigenvalue weighted by molar-refractivity contribution is 4.67. The molecule has 1 heteroatoms. The molecule has 0 aromatic heterocycles. The molecule has 0 unspecified atom stereocenters. The first-order valence-corrected chi connectivity index (χ1v) is 4.68. The van der Waals surface area contributed by atoms with E-state index in [0.717, 1.165) is 12.8 Å². The van der Waals surface area contributed by atoms with Gasteiger partial charge >= 0.3 is 0 Å². The standard InChI is InChI=1S/C10H21F/c1-4-5-7-10(2,3)8-6-9-11/h4-9H2,1-3H3. The first kappa shape index (κ1) is 10.9. The molecule has 68 valence electrons. The molecule has 0 aromatic rings. The predicted molar refractivity (Wildman–Crippen MR) is 48.5 cm³/mol. The molecule has 0 nitrogen and oxygen atoms in total. The van der Waals surface area contributed by atoms with Gasteiger partial charge < -0.3 is 0 Å². The lowest BCUT2D eigenvalue weighted by molar-refractivity contribution is 0.274. The van der Waals surface area contributed by atoms with Gasteiger partial charge in [-0.25, -0.2) is 0 Å². The van der Waals surface area contributed by atoms with E-state index in [2.05, 4.69) is 20.8 Å². The van der Waals surface area contributed by atoms with Gasteiger partial charge in [-0.1, -0.05) is 33.6 Å². The van der Waals surface area contributed by atoms with Crippen molar-refractivity contribution in [1.29, 1.82) is 0 Å². The fraction of sp³-hybridized carbons (Fsp3) is 1.00. The van der Waals surface area contributed by atoms with Gasteiger partial charge in [0.1, 0.15) is 0 Å². The van der Waals surface area contributed by atoms with Crippen LogP contribution in [0, 0.1) is 5.41 Å². The predicted octanol–water partition coefficient (Wildman–Crippen LogP) is 3.95. The van der Waals surface area contributed by atoms with Crippen LogP contribution in [0.25, 0.3) is 0 Å². The van der Waals surface area contributed by atoms with Crippen molar-refractivity contribution in [3.8, 4) is 0 Å². The van der Waals surface area contributed by atoms with Gasteiger partial charge in [0.15, 0.2) is 0 Å². The Balaban J connectivity index is 3.43. The minimum atomic E-state index is -0.157. The molecule has 11 heavy (non-hydrogen) atoms. The molecule has 0 amide bonds. The fourth-order valence-corrected chi connectivity index (χ4v) is 1.33. The van der Waals surface area contributed by atoms with E-state index >= 15 is 0 Å². The van der Waals surface area contributed by atoms with Gasteiger partial charge in [0.05, 0.1) is 6.67 Å². The van der Waals surface area contributed by atoms with Crippen LogP contribution in [0.4, 0.5) is 4.39 Å². The maximum atomic E-state index is 11.8. The zero-order valence-corrected chi connectivity index (χ0v) is 8.12. The quantitative estimate of drug-likeness (QED) is 0.552. The molecule has 0 heterocycles. The number of hydrogen-bond donors (Lipinski definition) is 0. The zero-order valence-electron chi connectivity index (χ0n) is 8.12. The third-order valence-corrected chi connectivity index (χ3v) is 2.19. The van der Waals surface area contributed by atoms with E-state index in [4.69, 9.17) is 0 Å². The summed E-state index contributed by atoms with van der Waals surface area (Å²) in [5.74, 6) is 0. The number of unbranched alkanes of at least 4 members (excludes halogenated alkanes) is 1. The summed E-state index contributed by atoms with van der Waals surface area (Å²) < 4.78 is 11.8. The van der Waals surface area contributed by atoms with Gasteiger partial charge in [0.25, 0.3) is 0 Å². The molecule has 0 radical (unpaired) electrons. The molecule has 0 fully saturated rings. The second-order valence-electron chi connectivity index (χ2n) is 4.06. The van der Waals surface area contributed by atoms with Gasteiger partial charge in [-0.15, -0.1) is 0 Å². The molecule has 0 aromatic carbocycles. The average Bonchev–Trinajstić information content (AvgIpc) is 1.97. The van der Waals surface area contributed by atoms with Crippen molar-refractivity contribution in [2.75, 3.05) is 6.67 Å². The van der Waals surface area contributed by atoms with Crippen LogP contribution >= 0.6 is 0 Å². The largest absolute Gasteiger partial charge is 0.251 e. The molecule has 0 rings (SSSR count). The Morgan fingerprint density at radius 1 is 1.09 bits per heavy atom. The van der Waals surface area contributed by atoms with Crippen LogP contribution < -0.4 is 0 Å². The summed E-state index contributed by atoms with van der Waals surface area (Å²) >= 11 is 0. The second-order valence-corrected chi connectivity index (χ2v) is 4.06. The first-order valence-electron chi connectivity index (χ1n) is 4.68. The Kier molecular flexibility index (Phi) is 5.53. The molecule has 0 aliphatic heterocycles. The maximum Gasteiger partial charge on any atom is 0.0894 e. The normalized spacial score (nSPS) is 12.0. The van der Waals surface area contributed by atoms with Crippen molar-refractivity contribution < 1.29 is 4.39 Å². The van der Waals surface area contributed by atoms with Gasteiger partial charge in [0.2, 0.25) is 0 Å². The van der Waals surface area contributed by atoms with Crippen LogP contribution in [0.15, 0.2) is 0 Å². The Morgan fingerprint density at radius 2 is 1.64 bits per heavy atom. The van der Waals surface area contributed by atoms with E-state index in [1.165, 1.54) is 19.3 Å². The maximum absolute atomic E-state index is 11.8. The van der Waals surface area contributed by atoms with Crippen LogP contribution in [0.5, 0.6) is 0 Å². The van der Waals surface area contributed by atoms with Crippen molar-refractivity contribution in [3.63, 3.8) is 0 Å². The summed E-state index contributed by atoms with van der Waals surface area (Å²) in [6.45, 7) is 6.51. The van der Waals surface area contributed by atoms with Crippen LogP contribution in [-0.2, 0) is 0 Å². The van der Waals surface area contributed by atoms with E-state index in [1.54, 1.807) is 0 Å². The van der Waals surface area contributed by atoms with Crippen molar-refractivity contribution in [3.05, 3.63) is 0 Å². The molecule has 0 aliphatic rings. The molecule has 0 atom stereocenters. The molecular weight excluding hydrogens is 139 g/mol. The minimum Gasteiger partial charge on any atom is -0.251 e.